The second kappa shape index (κ2) is 28.0. The maximum atomic E-state index is 15.8. The lowest BCUT2D eigenvalue weighted by Crippen LogP contribution is -2.82. The van der Waals surface area contributed by atoms with Gasteiger partial charge < -0.3 is 59.2 Å². The molecule has 11 atom stereocenters. The fraction of sp³-hybridized carbons (Fsp3) is 0.426. The number of hydrogen-bond donors (Lipinski definition) is 5. The molecule has 1 aromatic heterocycles. The van der Waals surface area contributed by atoms with E-state index in [1.165, 1.54) is 86.0 Å². The number of thiocarbonyl (C=S) groups is 1. The van der Waals surface area contributed by atoms with Crippen LogP contribution in [-0.4, -0.2) is 153 Å². The summed E-state index contributed by atoms with van der Waals surface area (Å²) in [5.41, 5.74) is 0.998. The van der Waals surface area contributed by atoms with E-state index in [2.05, 4.69) is 20.8 Å². The molecule has 8 rings (SSSR count). The number of amides is 1. The second-order valence-electron chi connectivity index (χ2n) is 21.9. The summed E-state index contributed by atoms with van der Waals surface area (Å²) in [7, 11) is 2.60. The highest BCUT2D eigenvalue weighted by molar-refractivity contribution is 8.76. The number of aromatic nitrogens is 1. The Morgan fingerprint density at radius 2 is 1.49 bits per heavy atom. The van der Waals surface area contributed by atoms with Gasteiger partial charge in [-0.2, -0.15) is 5.10 Å². The zero-order valence-electron chi connectivity index (χ0n) is 48.4. The van der Waals surface area contributed by atoms with Crippen molar-refractivity contribution >= 4 is 92.8 Å². The van der Waals surface area contributed by atoms with Crippen molar-refractivity contribution in [1.29, 1.82) is 0 Å². The lowest BCUT2D eigenvalue weighted by Gasteiger charge is -2.67. The van der Waals surface area contributed by atoms with Crippen molar-refractivity contribution in [1.82, 2.24) is 15.7 Å². The van der Waals surface area contributed by atoms with Crippen molar-refractivity contribution in [3.63, 3.8) is 0 Å². The Hall–Kier alpha value is -7.75. The van der Waals surface area contributed by atoms with Crippen molar-refractivity contribution in [2.24, 2.45) is 27.6 Å². The fourth-order valence-electron chi connectivity index (χ4n) is 12.0. The van der Waals surface area contributed by atoms with Gasteiger partial charge in [0.05, 0.1) is 47.9 Å². The van der Waals surface area contributed by atoms with Crippen LogP contribution in [-0.2, 0) is 68.3 Å². The molecule has 26 heteroatoms. The van der Waals surface area contributed by atoms with Crippen LogP contribution >= 0.6 is 33.8 Å². The van der Waals surface area contributed by atoms with Gasteiger partial charge in [0.25, 0.3) is 5.91 Å². The van der Waals surface area contributed by atoms with Crippen molar-refractivity contribution in [3.05, 3.63) is 148 Å². The van der Waals surface area contributed by atoms with E-state index in [9.17, 15) is 39.0 Å². The van der Waals surface area contributed by atoms with Crippen molar-refractivity contribution in [2.45, 2.75) is 115 Å². The molecule has 6 N–H and O–H groups in total. The highest BCUT2D eigenvalue weighted by Crippen LogP contribution is 2.64. The lowest BCUT2D eigenvalue weighted by molar-refractivity contribution is -0.346. The van der Waals surface area contributed by atoms with Crippen LogP contribution in [0.2, 0.25) is 0 Å². The van der Waals surface area contributed by atoms with Gasteiger partial charge in [0.15, 0.2) is 22.6 Å². The number of aliphatic hydroxyl groups excluding tert-OH is 1. The van der Waals surface area contributed by atoms with Gasteiger partial charge in [-0.15, -0.1) is 0 Å². The Kier molecular flexibility index (Phi) is 21.0. The third-order valence-electron chi connectivity index (χ3n) is 16.2. The van der Waals surface area contributed by atoms with E-state index in [-0.39, 0.29) is 71.4 Å². The van der Waals surface area contributed by atoms with Gasteiger partial charge in [-0.1, -0.05) is 108 Å². The summed E-state index contributed by atoms with van der Waals surface area (Å²) in [6.07, 6.45) is -9.73. The monoisotopic (exact) mass is 1250 g/mol. The first-order valence-electron chi connectivity index (χ1n) is 27.7. The maximum Gasteiger partial charge on any atom is 0.509 e. The lowest BCUT2D eigenvalue weighted by atomic mass is 9.44. The van der Waals surface area contributed by atoms with Crippen molar-refractivity contribution < 1.29 is 86.5 Å². The Morgan fingerprint density at radius 3 is 2.10 bits per heavy atom. The van der Waals surface area contributed by atoms with Crippen molar-refractivity contribution in [3.8, 4) is 0 Å². The average Bonchev–Trinajstić information content (AvgIpc) is 0.726. The average molecular weight is 1250 g/mol. The van der Waals surface area contributed by atoms with Gasteiger partial charge in [-0.3, -0.25) is 34.4 Å². The van der Waals surface area contributed by atoms with Crippen LogP contribution in [0.1, 0.15) is 98.0 Å². The largest absolute Gasteiger partial charge is 0.509 e. The summed E-state index contributed by atoms with van der Waals surface area (Å²) < 4.78 is 47.7. The summed E-state index contributed by atoms with van der Waals surface area (Å²) in [4.78, 5) is 117. The molecule has 1 aliphatic heterocycles. The van der Waals surface area contributed by atoms with Crippen LogP contribution in [0.15, 0.2) is 126 Å². The molecular weight excluding hydrogens is 1190 g/mol. The molecular formula is C61H67N5O18S3. The van der Waals surface area contributed by atoms with Crippen LogP contribution in [0.3, 0.4) is 0 Å². The Labute approximate surface area is 514 Å². The van der Waals surface area contributed by atoms with Crippen LogP contribution in [0.4, 0.5) is 4.79 Å². The number of esters is 5. The van der Waals surface area contributed by atoms with E-state index < -0.39 is 125 Å². The number of rotatable bonds is 22. The third-order valence-corrected chi connectivity index (χ3v) is 18.6. The van der Waals surface area contributed by atoms with Crippen LogP contribution < -0.4 is 16.5 Å². The Morgan fingerprint density at radius 1 is 0.862 bits per heavy atom. The topological polar surface area (TPSA) is 326 Å². The summed E-state index contributed by atoms with van der Waals surface area (Å²) in [5.74, 6) is -7.27. The first kappa shape index (κ1) is 65.2. The van der Waals surface area contributed by atoms with Gasteiger partial charge in [0, 0.05) is 55.4 Å². The van der Waals surface area contributed by atoms with Gasteiger partial charge >= 0.3 is 36.0 Å². The summed E-state index contributed by atoms with van der Waals surface area (Å²) >= 11 is 4.75. The molecule has 87 heavy (non-hydrogen) atoms. The van der Waals surface area contributed by atoms with E-state index >= 15 is 9.59 Å². The summed E-state index contributed by atoms with van der Waals surface area (Å²) in [6.45, 7) is 7.54. The summed E-state index contributed by atoms with van der Waals surface area (Å²) in [6, 6.07) is 25.7. The molecule has 3 fully saturated rings. The number of fused-ring (bicyclic) bond motifs is 5. The number of hydrazone groups is 1. The van der Waals surface area contributed by atoms with Crippen LogP contribution in [0.25, 0.3) is 0 Å². The third kappa shape index (κ3) is 14.2. The number of pyridine rings is 1. The van der Waals surface area contributed by atoms with Gasteiger partial charge in [0.1, 0.15) is 43.2 Å². The first-order chi connectivity index (χ1) is 41.4. The minimum atomic E-state index is -2.52. The fourth-order valence-corrected chi connectivity index (χ4v) is 13.7. The number of hydrogen-bond acceptors (Lipinski definition) is 23. The maximum absolute atomic E-state index is 15.8. The molecule has 0 radical (unpaired) electrons. The van der Waals surface area contributed by atoms with E-state index in [0.717, 1.165) is 13.8 Å². The number of benzene rings is 3. The predicted molar refractivity (Wildman–Crippen MR) is 319 cm³/mol. The minimum Gasteiger partial charge on any atom is -0.465 e. The number of aliphatic hydroxyl groups is 2. The number of nitrogens with two attached hydrogens (primary N) is 1. The first-order valence-corrected chi connectivity index (χ1v) is 30.6. The van der Waals surface area contributed by atoms with Gasteiger partial charge in [-0.05, 0) is 78.7 Å². The molecule has 0 spiro atoms. The molecule has 4 aromatic rings. The standard InChI is InChI=1S/C61H67N5O18S3/c1-34-42(31-61(76)52(83-54(73)39-21-14-9-15-22-39)50-59(6,43(69)30-44-60(50,33-79-44)84-36(3)68)51(71)48(80-35(2)67)46(34)58(61,4)5)81-55(74)49(47(37-17-10-7-11-18-37)65-53(72)38-19-12-8-13-20-38)82-57(75)78-26-28-87-86-27-25-77-45(70)29-40-23-16-24-63-41(40)32-64-66-56(62)85/h7-24,32,42-44,47-50,52,69,76H,25-31,33H2,1-6H3,(H,65,72)(H3,62,66,85)/b64-32+/t42-,43-,44+,47-,48+,49+,50-,52-,59+,60-,61+/m0/s1. The zero-order chi connectivity index (χ0) is 62.8. The quantitative estimate of drug-likeness (QED) is 0.00931. The molecule has 3 aromatic carbocycles. The molecule has 2 heterocycles. The van der Waals surface area contributed by atoms with Gasteiger partial charge in [-0.25, -0.2) is 14.4 Å². The number of carbonyl (C=O) groups excluding carboxylic acids is 8. The number of carbonyl (C=O) groups is 8. The molecule has 2 saturated carbocycles. The number of Topliss-reactive ketones (excluding diaryl/α,β-unsaturated/α-hetero) is 1. The molecule has 4 aliphatic rings. The highest BCUT2D eigenvalue weighted by atomic mass is 33.1. The number of ketones is 1. The van der Waals surface area contributed by atoms with Gasteiger partial charge in [0.2, 0.25) is 6.10 Å². The molecule has 3 aliphatic carbocycles. The van der Waals surface area contributed by atoms with E-state index in [0.29, 0.717) is 17.0 Å². The predicted octanol–water partition coefficient (Wildman–Crippen LogP) is 5.63. The molecule has 23 nitrogen and oxygen atoms in total. The molecule has 1 amide bonds. The minimum absolute atomic E-state index is 0.0207. The van der Waals surface area contributed by atoms with Crippen LogP contribution in [0, 0.1) is 16.7 Å². The van der Waals surface area contributed by atoms with E-state index in [1.54, 1.807) is 78.9 Å². The SMILES string of the molecule is CC(=O)O[C@H]1C(=O)[C@@]2(C)[C@H]([C@H](OC(=O)c3ccccc3)[C@]3(O)C[C@H](OC(=O)[C@H](OC(=O)OCCSSCCOC(=O)Cc4cccnc4/C=N/NC(N)=S)[C@@H](NC(=O)c4ccccc4)c4ccccc4)C(C)=C1C3(C)C)[C@]1(OC(C)=O)CO[C@@H]1C[C@@H]2O. The smallest absolute Gasteiger partial charge is 0.465 e. The Balaban J connectivity index is 1.09. The van der Waals surface area contributed by atoms with E-state index in [1.807, 2.05) is 0 Å². The molecule has 1 saturated heterocycles. The Bertz CT molecular complexity index is 3300. The highest BCUT2D eigenvalue weighted by Gasteiger charge is 2.78. The zero-order valence-corrected chi connectivity index (χ0v) is 50.8. The molecule has 462 valence electrons. The second-order valence-corrected chi connectivity index (χ2v) is 25.0. The van der Waals surface area contributed by atoms with E-state index in [4.69, 9.17) is 55.8 Å². The number of nitrogens with one attached hydrogen (secondary N) is 2. The molecule has 0 unspecified atom stereocenters. The summed E-state index contributed by atoms with van der Waals surface area (Å²) in [5, 5.41) is 33.0. The molecule has 2 bridgehead atoms. The number of ether oxygens (including phenoxy) is 8. The normalized spacial score (nSPS) is 25.9. The van der Waals surface area contributed by atoms with Crippen molar-refractivity contribution in [2.75, 3.05) is 31.3 Å². The van der Waals surface area contributed by atoms with Crippen LogP contribution in [0.5, 0.6) is 0 Å². The number of nitrogens with zero attached hydrogens (tertiary/aromatic N) is 2.